The molecule has 0 radical (unpaired) electrons. The van der Waals surface area contributed by atoms with Crippen LogP contribution in [0.4, 0.5) is 5.69 Å². The Bertz CT molecular complexity index is 910. The first-order chi connectivity index (χ1) is 12.2. The number of hydrogen-bond donors (Lipinski definition) is 0. The van der Waals surface area contributed by atoms with Crippen molar-refractivity contribution in [2.24, 2.45) is 5.10 Å². The standard InChI is InChI=1S/C16H14N6O2S/c1-2-25-16-20-19-15(13-7-5-9-17-10-13)21(16)18-11-12-6-3-4-8-14(12)22(23)24/h3-11H,2H2,1H3. The van der Waals surface area contributed by atoms with Crippen LogP contribution in [0.2, 0.25) is 0 Å². The van der Waals surface area contributed by atoms with Crippen molar-refractivity contribution in [2.45, 2.75) is 12.1 Å². The van der Waals surface area contributed by atoms with Crippen molar-refractivity contribution in [3.63, 3.8) is 0 Å². The lowest BCUT2D eigenvalue weighted by molar-refractivity contribution is -0.385. The maximum Gasteiger partial charge on any atom is 0.278 e. The number of nitro groups is 1. The summed E-state index contributed by atoms with van der Waals surface area (Å²) in [4.78, 5) is 14.8. The Balaban J connectivity index is 2.04. The van der Waals surface area contributed by atoms with Crippen LogP contribution < -0.4 is 0 Å². The zero-order chi connectivity index (χ0) is 17.6. The number of hydrogen-bond acceptors (Lipinski definition) is 7. The molecule has 0 saturated heterocycles. The summed E-state index contributed by atoms with van der Waals surface area (Å²) in [5, 5.41) is 24.5. The monoisotopic (exact) mass is 354 g/mol. The normalized spacial score (nSPS) is 11.1. The molecule has 0 atom stereocenters. The molecular formula is C16H14N6O2S. The Morgan fingerprint density at radius 2 is 2.12 bits per heavy atom. The second-order valence-corrected chi connectivity index (χ2v) is 6.08. The van der Waals surface area contributed by atoms with E-state index in [0.29, 0.717) is 16.5 Å². The maximum atomic E-state index is 11.1. The van der Waals surface area contributed by atoms with Crippen LogP contribution in [-0.4, -0.2) is 36.7 Å². The molecule has 2 heterocycles. The molecule has 25 heavy (non-hydrogen) atoms. The highest BCUT2D eigenvalue weighted by Gasteiger charge is 2.15. The fourth-order valence-electron chi connectivity index (χ4n) is 2.15. The van der Waals surface area contributed by atoms with E-state index in [4.69, 9.17) is 0 Å². The maximum absolute atomic E-state index is 11.1. The molecule has 3 rings (SSSR count). The van der Waals surface area contributed by atoms with Gasteiger partial charge in [0.15, 0.2) is 5.82 Å². The first-order valence-corrected chi connectivity index (χ1v) is 8.45. The van der Waals surface area contributed by atoms with E-state index in [0.717, 1.165) is 11.3 Å². The summed E-state index contributed by atoms with van der Waals surface area (Å²) in [5.74, 6) is 1.32. The second kappa shape index (κ2) is 7.67. The van der Waals surface area contributed by atoms with Crippen molar-refractivity contribution in [1.29, 1.82) is 0 Å². The van der Waals surface area contributed by atoms with Crippen LogP contribution in [0, 0.1) is 10.1 Å². The number of pyridine rings is 1. The third-order valence-corrected chi connectivity index (χ3v) is 4.05. The van der Waals surface area contributed by atoms with E-state index in [2.05, 4.69) is 20.3 Å². The van der Waals surface area contributed by atoms with Crippen LogP contribution in [0.15, 0.2) is 59.0 Å². The Labute approximate surface area is 147 Å². The van der Waals surface area contributed by atoms with Crippen molar-refractivity contribution in [3.05, 3.63) is 64.5 Å². The molecule has 0 N–H and O–H groups in total. The average Bonchev–Trinajstić information content (AvgIpc) is 3.04. The van der Waals surface area contributed by atoms with Gasteiger partial charge in [-0.15, -0.1) is 10.2 Å². The van der Waals surface area contributed by atoms with Gasteiger partial charge in [-0.3, -0.25) is 15.1 Å². The number of nitro benzene ring substituents is 1. The van der Waals surface area contributed by atoms with Gasteiger partial charge in [0, 0.05) is 24.0 Å². The average molecular weight is 354 g/mol. The van der Waals surface area contributed by atoms with Gasteiger partial charge >= 0.3 is 0 Å². The minimum absolute atomic E-state index is 0.00746. The zero-order valence-corrected chi connectivity index (χ0v) is 14.1. The molecule has 2 aromatic heterocycles. The topological polar surface area (TPSA) is 99.1 Å². The van der Waals surface area contributed by atoms with Crippen molar-refractivity contribution in [3.8, 4) is 11.4 Å². The highest BCUT2D eigenvalue weighted by atomic mass is 32.2. The predicted octanol–water partition coefficient (Wildman–Crippen LogP) is 3.24. The van der Waals surface area contributed by atoms with E-state index >= 15 is 0 Å². The first kappa shape index (κ1) is 16.8. The summed E-state index contributed by atoms with van der Waals surface area (Å²) in [6.45, 7) is 2.00. The van der Waals surface area contributed by atoms with E-state index in [9.17, 15) is 10.1 Å². The van der Waals surface area contributed by atoms with Gasteiger partial charge in [-0.05, 0) is 24.0 Å². The largest absolute Gasteiger partial charge is 0.278 e. The van der Waals surface area contributed by atoms with Crippen molar-refractivity contribution < 1.29 is 4.92 Å². The van der Waals surface area contributed by atoms with Gasteiger partial charge in [0.1, 0.15) is 0 Å². The quantitative estimate of drug-likeness (QED) is 0.292. The minimum Gasteiger partial charge on any atom is -0.264 e. The van der Waals surface area contributed by atoms with Crippen LogP contribution in [0.25, 0.3) is 11.4 Å². The third kappa shape index (κ3) is 3.72. The molecule has 0 bridgehead atoms. The van der Waals surface area contributed by atoms with Crippen molar-refractivity contribution >= 4 is 23.7 Å². The molecule has 0 aliphatic rings. The van der Waals surface area contributed by atoms with Crippen LogP contribution in [0.3, 0.4) is 0 Å². The number of nitrogens with zero attached hydrogens (tertiary/aromatic N) is 6. The summed E-state index contributed by atoms with van der Waals surface area (Å²) in [7, 11) is 0. The predicted molar refractivity (Wildman–Crippen MR) is 95.7 cm³/mol. The van der Waals surface area contributed by atoms with Gasteiger partial charge in [0.2, 0.25) is 5.16 Å². The number of rotatable bonds is 6. The molecule has 3 aromatic rings. The molecule has 0 unspecified atom stereocenters. The molecule has 0 spiro atoms. The number of para-hydroxylation sites is 1. The molecule has 1 aromatic carbocycles. The smallest absolute Gasteiger partial charge is 0.264 e. The number of benzene rings is 1. The molecule has 0 aliphatic heterocycles. The summed E-state index contributed by atoms with van der Waals surface area (Å²) >= 11 is 1.48. The summed E-state index contributed by atoms with van der Waals surface area (Å²) in [6, 6.07) is 10.1. The lowest BCUT2D eigenvalue weighted by atomic mass is 10.2. The summed E-state index contributed by atoms with van der Waals surface area (Å²) in [5.41, 5.74) is 1.16. The van der Waals surface area contributed by atoms with Crippen LogP contribution >= 0.6 is 11.8 Å². The van der Waals surface area contributed by atoms with Crippen LogP contribution in [0.5, 0.6) is 0 Å². The van der Waals surface area contributed by atoms with Gasteiger partial charge in [-0.2, -0.15) is 9.78 Å². The molecular weight excluding hydrogens is 340 g/mol. The fraction of sp³-hybridized carbons (Fsp3) is 0.125. The Kier molecular flexibility index (Phi) is 5.14. The molecule has 8 nitrogen and oxygen atoms in total. The van der Waals surface area contributed by atoms with E-state index in [1.807, 2.05) is 13.0 Å². The van der Waals surface area contributed by atoms with E-state index in [1.165, 1.54) is 24.0 Å². The van der Waals surface area contributed by atoms with Gasteiger partial charge in [0.25, 0.3) is 5.69 Å². The highest BCUT2D eigenvalue weighted by molar-refractivity contribution is 7.99. The second-order valence-electron chi connectivity index (χ2n) is 4.85. The number of aromatic nitrogens is 4. The van der Waals surface area contributed by atoms with E-state index < -0.39 is 4.92 Å². The highest BCUT2D eigenvalue weighted by Crippen LogP contribution is 2.23. The minimum atomic E-state index is -0.433. The van der Waals surface area contributed by atoms with Crippen molar-refractivity contribution in [1.82, 2.24) is 19.9 Å². The number of thioether (sulfide) groups is 1. The van der Waals surface area contributed by atoms with Gasteiger partial charge in [-0.25, -0.2) is 0 Å². The zero-order valence-electron chi connectivity index (χ0n) is 13.3. The molecule has 126 valence electrons. The van der Waals surface area contributed by atoms with E-state index in [-0.39, 0.29) is 5.69 Å². The van der Waals surface area contributed by atoms with Crippen LogP contribution in [-0.2, 0) is 0 Å². The first-order valence-electron chi connectivity index (χ1n) is 7.47. The van der Waals surface area contributed by atoms with Gasteiger partial charge in [-0.1, -0.05) is 30.8 Å². The van der Waals surface area contributed by atoms with Gasteiger partial charge < -0.3 is 0 Å². The lowest BCUT2D eigenvalue weighted by Gasteiger charge is -2.03. The van der Waals surface area contributed by atoms with Crippen LogP contribution in [0.1, 0.15) is 12.5 Å². The molecule has 0 fully saturated rings. The third-order valence-electron chi connectivity index (χ3n) is 3.25. The van der Waals surface area contributed by atoms with Crippen molar-refractivity contribution in [2.75, 3.05) is 5.75 Å². The Morgan fingerprint density at radius 3 is 2.84 bits per heavy atom. The lowest BCUT2D eigenvalue weighted by Crippen LogP contribution is -1.99. The molecule has 0 saturated carbocycles. The Hall–Kier alpha value is -3.07. The van der Waals surface area contributed by atoms with Gasteiger partial charge in [0.05, 0.1) is 16.7 Å². The van der Waals surface area contributed by atoms with E-state index in [1.54, 1.807) is 41.3 Å². The summed E-state index contributed by atoms with van der Waals surface area (Å²) in [6.07, 6.45) is 4.78. The molecule has 9 heteroatoms. The fourth-order valence-corrected chi connectivity index (χ4v) is 2.76. The SMILES string of the molecule is CCSc1nnc(-c2cccnc2)n1N=Cc1ccccc1[N+](=O)[O-]. The summed E-state index contributed by atoms with van der Waals surface area (Å²) < 4.78 is 1.57. The molecule has 0 aliphatic carbocycles. The Morgan fingerprint density at radius 1 is 1.28 bits per heavy atom. The molecule has 0 amide bonds.